The predicted octanol–water partition coefficient (Wildman–Crippen LogP) is 1.96. The standard InChI is InChI=1S/C20H28N4O3/c1-20(26)5-7-24(15-20)19(25)21-17-2-3-18-16(14-17)4-6-23(18)9-8-22-10-12-27-13-11-22/h2-4,6,14,26H,5,7-13,15H2,1H3,(H,21,25)/t20-/m0/s1. The molecule has 4 rings (SSSR count). The molecule has 7 heteroatoms. The van der Waals surface area contributed by atoms with Crippen LogP contribution in [0.2, 0.25) is 0 Å². The number of carbonyl (C=O) groups is 1. The molecule has 2 N–H and O–H groups in total. The van der Waals surface area contributed by atoms with Crippen molar-refractivity contribution in [2.45, 2.75) is 25.5 Å². The number of urea groups is 1. The predicted molar refractivity (Wildman–Crippen MR) is 105 cm³/mol. The summed E-state index contributed by atoms with van der Waals surface area (Å²) in [5, 5.41) is 14.1. The van der Waals surface area contributed by atoms with Gasteiger partial charge in [0.2, 0.25) is 0 Å². The summed E-state index contributed by atoms with van der Waals surface area (Å²) in [7, 11) is 0. The highest BCUT2D eigenvalue weighted by Crippen LogP contribution is 2.23. The zero-order chi connectivity index (χ0) is 18.9. The van der Waals surface area contributed by atoms with Gasteiger partial charge >= 0.3 is 6.03 Å². The molecule has 0 aliphatic carbocycles. The summed E-state index contributed by atoms with van der Waals surface area (Å²) in [6, 6.07) is 7.95. The molecule has 2 aliphatic heterocycles. The molecule has 2 aliphatic rings. The Hall–Kier alpha value is -2.09. The number of aromatic nitrogens is 1. The van der Waals surface area contributed by atoms with Gasteiger partial charge in [-0.25, -0.2) is 4.79 Å². The summed E-state index contributed by atoms with van der Waals surface area (Å²) >= 11 is 0. The Labute approximate surface area is 159 Å². The molecule has 0 saturated carbocycles. The minimum absolute atomic E-state index is 0.154. The molecule has 146 valence electrons. The largest absolute Gasteiger partial charge is 0.388 e. The number of nitrogens with one attached hydrogen (secondary N) is 1. The lowest BCUT2D eigenvalue weighted by atomic mass is 10.1. The van der Waals surface area contributed by atoms with Crippen molar-refractivity contribution in [2.24, 2.45) is 0 Å². The van der Waals surface area contributed by atoms with Gasteiger partial charge in [0, 0.05) is 55.5 Å². The molecular formula is C20H28N4O3. The minimum Gasteiger partial charge on any atom is -0.388 e. The van der Waals surface area contributed by atoms with Crippen molar-refractivity contribution in [2.75, 3.05) is 51.3 Å². The first-order valence-corrected chi connectivity index (χ1v) is 9.68. The fourth-order valence-corrected chi connectivity index (χ4v) is 3.87. The van der Waals surface area contributed by atoms with E-state index in [0.717, 1.165) is 50.5 Å². The molecule has 2 aromatic rings. The fraction of sp³-hybridized carbons (Fsp3) is 0.550. The van der Waals surface area contributed by atoms with E-state index >= 15 is 0 Å². The van der Waals surface area contributed by atoms with Crippen LogP contribution >= 0.6 is 0 Å². The van der Waals surface area contributed by atoms with Gasteiger partial charge in [-0.3, -0.25) is 4.90 Å². The molecule has 0 radical (unpaired) electrons. The van der Waals surface area contributed by atoms with Gasteiger partial charge in [-0.05, 0) is 37.6 Å². The number of carbonyl (C=O) groups excluding carboxylic acids is 1. The van der Waals surface area contributed by atoms with Gasteiger partial charge in [0.05, 0.1) is 25.4 Å². The van der Waals surface area contributed by atoms with E-state index in [-0.39, 0.29) is 6.03 Å². The van der Waals surface area contributed by atoms with E-state index in [1.165, 1.54) is 5.52 Å². The molecule has 2 amide bonds. The second-order valence-corrected chi connectivity index (χ2v) is 7.84. The quantitative estimate of drug-likeness (QED) is 0.861. The van der Waals surface area contributed by atoms with Crippen LogP contribution in [0.1, 0.15) is 13.3 Å². The van der Waals surface area contributed by atoms with E-state index < -0.39 is 5.60 Å². The first kappa shape index (κ1) is 18.3. The number of ether oxygens (including phenoxy) is 1. The minimum atomic E-state index is -0.779. The Kier molecular flexibility index (Phi) is 5.08. The smallest absolute Gasteiger partial charge is 0.321 e. The highest BCUT2D eigenvalue weighted by atomic mass is 16.5. The Balaban J connectivity index is 1.39. The average molecular weight is 372 g/mol. The second-order valence-electron chi connectivity index (χ2n) is 7.84. The third-order valence-corrected chi connectivity index (χ3v) is 5.52. The number of anilines is 1. The molecule has 2 saturated heterocycles. The first-order valence-electron chi connectivity index (χ1n) is 9.68. The van der Waals surface area contributed by atoms with E-state index in [9.17, 15) is 9.90 Å². The normalized spacial score (nSPS) is 23.9. The van der Waals surface area contributed by atoms with Gasteiger partial charge in [-0.15, -0.1) is 0 Å². The van der Waals surface area contributed by atoms with E-state index in [0.29, 0.717) is 19.5 Å². The molecule has 27 heavy (non-hydrogen) atoms. The van der Waals surface area contributed by atoms with Crippen molar-refractivity contribution in [3.63, 3.8) is 0 Å². The molecule has 7 nitrogen and oxygen atoms in total. The number of benzene rings is 1. The average Bonchev–Trinajstić information content (AvgIpc) is 3.23. The summed E-state index contributed by atoms with van der Waals surface area (Å²) in [6.45, 7) is 8.32. The van der Waals surface area contributed by atoms with Crippen molar-refractivity contribution in [3.05, 3.63) is 30.5 Å². The summed E-state index contributed by atoms with van der Waals surface area (Å²) < 4.78 is 7.66. The number of amides is 2. The number of morpholine rings is 1. The lowest BCUT2D eigenvalue weighted by Gasteiger charge is -2.26. The third kappa shape index (κ3) is 4.26. The van der Waals surface area contributed by atoms with Gasteiger partial charge in [0.25, 0.3) is 0 Å². The van der Waals surface area contributed by atoms with Gasteiger partial charge in [-0.2, -0.15) is 0 Å². The fourth-order valence-electron chi connectivity index (χ4n) is 3.87. The first-order chi connectivity index (χ1) is 13.0. The monoisotopic (exact) mass is 372 g/mol. The van der Waals surface area contributed by atoms with Crippen LogP contribution in [-0.2, 0) is 11.3 Å². The van der Waals surface area contributed by atoms with Crippen molar-refractivity contribution >= 4 is 22.6 Å². The number of β-amino-alcohol motifs (C(OH)–C–C–N with tert-alkyl or cyclic N) is 1. The number of nitrogens with zero attached hydrogens (tertiary/aromatic N) is 3. The molecule has 3 heterocycles. The summed E-state index contributed by atoms with van der Waals surface area (Å²) in [5.41, 5.74) is 1.18. The van der Waals surface area contributed by atoms with Crippen molar-refractivity contribution in [3.8, 4) is 0 Å². The number of rotatable bonds is 4. The van der Waals surface area contributed by atoms with Gasteiger partial charge in [-0.1, -0.05) is 0 Å². The van der Waals surface area contributed by atoms with E-state index in [2.05, 4.69) is 33.1 Å². The third-order valence-electron chi connectivity index (χ3n) is 5.52. The van der Waals surface area contributed by atoms with Crippen LogP contribution in [-0.4, -0.2) is 77.0 Å². The number of fused-ring (bicyclic) bond motifs is 1. The second kappa shape index (κ2) is 7.50. The number of hydrogen-bond acceptors (Lipinski definition) is 4. The van der Waals surface area contributed by atoms with Gasteiger partial charge in [0.15, 0.2) is 0 Å². The van der Waals surface area contributed by atoms with Crippen LogP contribution in [0, 0.1) is 0 Å². The van der Waals surface area contributed by atoms with Crippen LogP contribution in [0.5, 0.6) is 0 Å². The van der Waals surface area contributed by atoms with E-state index in [1.807, 2.05) is 12.1 Å². The topological polar surface area (TPSA) is 70.0 Å². The maximum atomic E-state index is 12.4. The Morgan fingerprint density at radius 1 is 1.22 bits per heavy atom. The summed E-state index contributed by atoms with van der Waals surface area (Å²) in [6.07, 6.45) is 2.72. The summed E-state index contributed by atoms with van der Waals surface area (Å²) in [4.78, 5) is 16.5. The Bertz CT molecular complexity index is 811. The summed E-state index contributed by atoms with van der Waals surface area (Å²) in [5.74, 6) is 0. The highest BCUT2D eigenvalue weighted by molar-refractivity contribution is 5.93. The molecule has 1 atom stereocenters. The molecule has 0 bridgehead atoms. The zero-order valence-electron chi connectivity index (χ0n) is 15.9. The van der Waals surface area contributed by atoms with Crippen molar-refractivity contribution < 1.29 is 14.6 Å². The van der Waals surface area contributed by atoms with Crippen LogP contribution < -0.4 is 5.32 Å². The van der Waals surface area contributed by atoms with Gasteiger partial charge in [0.1, 0.15) is 0 Å². The van der Waals surface area contributed by atoms with Crippen LogP contribution in [0.3, 0.4) is 0 Å². The number of likely N-dealkylation sites (tertiary alicyclic amines) is 1. The van der Waals surface area contributed by atoms with Crippen LogP contribution in [0.4, 0.5) is 10.5 Å². The lowest BCUT2D eigenvalue weighted by Crippen LogP contribution is -2.38. The van der Waals surface area contributed by atoms with Crippen molar-refractivity contribution in [1.29, 1.82) is 0 Å². The molecule has 1 aromatic heterocycles. The van der Waals surface area contributed by atoms with Crippen LogP contribution in [0.15, 0.2) is 30.5 Å². The number of aliphatic hydroxyl groups is 1. The molecule has 0 spiro atoms. The molecule has 0 unspecified atom stereocenters. The van der Waals surface area contributed by atoms with Gasteiger partial charge < -0.3 is 24.6 Å². The maximum Gasteiger partial charge on any atom is 0.321 e. The lowest BCUT2D eigenvalue weighted by molar-refractivity contribution is 0.0365. The Morgan fingerprint density at radius 2 is 2.04 bits per heavy atom. The molecular weight excluding hydrogens is 344 g/mol. The SMILES string of the molecule is C[C@]1(O)CCN(C(=O)Nc2ccc3c(ccn3CCN3CCOCC3)c2)C1. The van der Waals surface area contributed by atoms with Crippen LogP contribution in [0.25, 0.3) is 10.9 Å². The highest BCUT2D eigenvalue weighted by Gasteiger charge is 2.33. The molecule has 1 aromatic carbocycles. The van der Waals surface area contributed by atoms with Crippen molar-refractivity contribution in [1.82, 2.24) is 14.4 Å². The number of hydrogen-bond donors (Lipinski definition) is 2. The zero-order valence-corrected chi connectivity index (χ0v) is 15.9. The molecule has 2 fully saturated rings. The van der Waals surface area contributed by atoms with E-state index in [4.69, 9.17) is 4.74 Å². The van der Waals surface area contributed by atoms with E-state index in [1.54, 1.807) is 11.8 Å². The maximum absolute atomic E-state index is 12.4. The Morgan fingerprint density at radius 3 is 2.78 bits per heavy atom.